The minimum Gasteiger partial charge on any atom is -0.204 e. The summed E-state index contributed by atoms with van der Waals surface area (Å²) in [5.41, 5.74) is -1.76. The van der Waals surface area contributed by atoms with Crippen molar-refractivity contribution in [3.05, 3.63) is 35.2 Å². The molecule has 16 heavy (non-hydrogen) atoms. The summed E-state index contributed by atoms with van der Waals surface area (Å²) in [7, 11) is 0. The third kappa shape index (κ3) is 2.68. The summed E-state index contributed by atoms with van der Waals surface area (Å²) in [6.07, 6.45) is -3.96. The Kier molecular flexibility index (Phi) is 3.50. The van der Waals surface area contributed by atoms with Crippen LogP contribution in [0.15, 0.2) is 35.2 Å². The van der Waals surface area contributed by atoms with E-state index in [1.54, 1.807) is 0 Å². The molecule has 0 fully saturated rings. The molecule has 1 atom stereocenters. The first kappa shape index (κ1) is 12.9. The van der Waals surface area contributed by atoms with Gasteiger partial charge in [0.15, 0.2) is 17.5 Å². The van der Waals surface area contributed by atoms with Gasteiger partial charge in [0.1, 0.15) is 0 Å². The highest BCUT2D eigenvalue weighted by molar-refractivity contribution is 5.39. The Balaban J connectivity index is 3.30. The van der Waals surface area contributed by atoms with Crippen molar-refractivity contribution in [1.29, 1.82) is 0 Å². The maximum atomic E-state index is 13.0. The zero-order valence-corrected chi connectivity index (χ0v) is 8.21. The minimum absolute atomic E-state index is 0.205. The van der Waals surface area contributed by atoms with E-state index in [1.165, 1.54) is 6.92 Å². The van der Waals surface area contributed by atoms with Crippen molar-refractivity contribution in [2.24, 2.45) is 5.92 Å². The second-order valence-electron chi connectivity index (χ2n) is 3.47. The zero-order valence-electron chi connectivity index (χ0n) is 8.21. The summed E-state index contributed by atoms with van der Waals surface area (Å²) in [5.74, 6) is -6.53. The first-order chi connectivity index (χ1) is 7.23. The predicted octanol–water partition coefficient (Wildman–Crippen LogP) is 4.52. The molecule has 0 bridgehead atoms. The molecule has 0 N–H and O–H groups in total. The van der Waals surface area contributed by atoms with Gasteiger partial charge in [-0.25, -0.2) is 13.2 Å². The van der Waals surface area contributed by atoms with Crippen LogP contribution in [-0.4, -0.2) is 6.18 Å². The molecule has 1 aliphatic rings. The molecule has 1 aliphatic carbocycles. The van der Waals surface area contributed by atoms with E-state index in [0.717, 1.165) is 6.08 Å². The first-order valence-corrected chi connectivity index (χ1v) is 4.44. The SMILES string of the molecule is CC1C=C(F)C(F)=C(F)C(C(F)(F)F)=CC1. The first-order valence-electron chi connectivity index (χ1n) is 4.44. The second kappa shape index (κ2) is 4.35. The maximum absolute atomic E-state index is 13.0. The predicted molar refractivity (Wildman–Crippen MR) is 46.4 cm³/mol. The lowest BCUT2D eigenvalue weighted by molar-refractivity contribution is -0.0916. The van der Waals surface area contributed by atoms with Crippen LogP contribution in [0.5, 0.6) is 0 Å². The van der Waals surface area contributed by atoms with E-state index in [-0.39, 0.29) is 6.42 Å². The molecule has 0 heterocycles. The highest BCUT2D eigenvalue weighted by Crippen LogP contribution is 2.38. The van der Waals surface area contributed by atoms with E-state index in [4.69, 9.17) is 0 Å². The average Bonchev–Trinajstić information content (AvgIpc) is 2.13. The van der Waals surface area contributed by atoms with Gasteiger partial charge in [-0.05, 0) is 18.4 Å². The van der Waals surface area contributed by atoms with Crippen LogP contribution in [-0.2, 0) is 0 Å². The maximum Gasteiger partial charge on any atom is 0.419 e. The van der Waals surface area contributed by atoms with Crippen LogP contribution in [0, 0.1) is 5.92 Å². The molecule has 0 nitrogen and oxygen atoms in total. The molecule has 0 aliphatic heterocycles. The van der Waals surface area contributed by atoms with Crippen LogP contribution in [0.4, 0.5) is 26.3 Å². The number of rotatable bonds is 0. The van der Waals surface area contributed by atoms with Gasteiger partial charge in [0, 0.05) is 0 Å². The van der Waals surface area contributed by atoms with Crippen molar-refractivity contribution < 1.29 is 26.3 Å². The molecule has 0 aromatic rings. The highest BCUT2D eigenvalue weighted by atomic mass is 19.4. The normalized spacial score (nSPS) is 23.6. The molecule has 0 aromatic carbocycles. The van der Waals surface area contributed by atoms with E-state index in [1.807, 2.05) is 0 Å². The van der Waals surface area contributed by atoms with Crippen LogP contribution in [0.25, 0.3) is 0 Å². The van der Waals surface area contributed by atoms with Gasteiger partial charge >= 0.3 is 6.18 Å². The van der Waals surface area contributed by atoms with Crippen molar-refractivity contribution >= 4 is 0 Å². The Morgan fingerprint density at radius 3 is 2.19 bits per heavy atom. The second-order valence-corrected chi connectivity index (χ2v) is 3.47. The van der Waals surface area contributed by atoms with Crippen LogP contribution >= 0.6 is 0 Å². The summed E-state index contributed by atoms with van der Waals surface area (Å²) < 4.78 is 75.6. The fraction of sp³-hybridized carbons (Fsp3) is 0.400. The largest absolute Gasteiger partial charge is 0.419 e. The molecule has 0 spiro atoms. The Hall–Kier alpha value is -1.20. The summed E-state index contributed by atoms with van der Waals surface area (Å²) in [5, 5.41) is 0. The van der Waals surface area contributed by atoms with Gasteiger partial charge in [-0.3, -0.25) is 0 Å². The molecule has 0 saturated heterocycles. The van der Waals surface area contributed by atoms with Crippen molar-refractivity contribution in [3.8, 4) is 0 Å². The van der Waals surface area contributed by atoms with Crippen LogP contribution in [0.2, 0.25) is 0 Å². The van der Waals surface area contributed by atoms with Gasteiger partial charge < -0.3 is 0 Å². The van der Waals surface area contributed by atoms with Crippen molar-refractivity contribution in [3.63, 3.8) is 0 Å². The van der Waals surface area contributed by atoms with Gasteiger partial charge in [0.25, 0.3) is 0 Å². The third-order valence-electron chi connectivity index (χ3n) is 2.07. The molecular formula is C10H8F6. The summed E-state index contributed by atoms with van der Waals surface area (Å²) >= 11 is 0. The van der Waals surface area contributed by atoms with E-state index in [2.05, 4.69) is 0 Å². The molecule has 6 heteroatoms. The van der Waals surface area contributed by atoms with Gasteiger partial charge in [-0.15, -0.1) is 0 Å². The van der Waals surface area contributed by atoms with Crippen LogP contribution in [0.3, 0.4) is 0 Å². The zero-order chi connectivity index (χ0) is 12.5. The summed E-state index contributed by atoms with van der Waals surface area (Å²) in [6.45, 7) is 1.40. The van der Waals surface area contributed by atoms with Gasteiger partial charge in [-0.2, -0.15) is 13.2 Å². The number of halogens is 6. The summed E-state index contributed by atoms with van der Waals surface area (Å²) in [6, 6.07) is 0. The molecule has 90 valence electrons. The lowest BCUT2D eigenvalue weighted by atomic mass is 10.0. The van der Waals surface area contributed by atoms with Crippen molar-refractivity contribution in [2.45, 2.75) is 19.5 Å². The Morgan fingerprint density at radius 2 is 1.69 bits per heavy atom. The summed E-state index contributed by atoms with van der Waals surface area (Å²) in [4.78, 5) is 0. The topological polar surface area (TPSA) is 0 Å². The smallest absolute Gasteiger partial charge is 0.204 e. The lowest BCUT2D eigenvalue weighted by Gasteiger charge is -2.14. The monoisotopic (exact) mass is 242 g/mol. The molecule has 0 amide bonds. The fourth-order valence-corrected chi connectivity index (χ4v) is 1.25. The van der Waals surface area contributed by atoms with Gasteiger partial charge in [0.05, 0.1) is 5.57 Å². The van der Waals surface area contributed by atoms with Crippen LogP contribution < -0.4 is 0 Å². The van der Waals surface area contributed by atoms with Gasteiger partial charge in [0.2, 0.25) is 0 Å². The Labute approximate surface area is 87.9 Å². The molecule has 1 unspecified atom stereocenters. The van der Waals surface area contributed by atoms with E-state index >= 15 is 0 Å². The Morgan fingerprint density at radius 1 is 1.12 bits per heavy atom. The van der Waals surface area contributed by atoms with Crippen molar-refractivity contribution in [1.82, 2.24) is 0 Å². The molecule has 0 aromatic heterocycles. The Bertz CT molecular complexity index is 371. The standard InChI is InChI=1S/C10H8F6/c1-5-2-3-6(10(14,15)16)8(12)9(13)7(11)4-5/h3-5H,2H2,1H3. The van der Waals surface area contributed by atoms with Crippen molar-refractivity contribution in [2.75, 3.05) is 0 Å². The van der Waals surface area contributed by atoms with E-state index in [0.29, 0.717) is 6.08 Å². The van der Waals surface area contributed by atoms with Crippen LogP contribution in [0.1, 0.15) is 13.3 Å². The van der Waals surface area contributed by atoms with E-state index < -0.39 is 35.1 Å². The van der Waals surface area contributed by atoms with Gasteiger partial charge in [-0.1, -0.05) is 13.0 Å². The molecule has 1 rings (SSSR count). The minimum atomic E-state index is -5.03. The quantitative estimate of drug-likeness (QED) is 0.548. The third-order valence-corrected chi connectivity index (χ3v) is 2.07. The molecule has 0 radical (unpaired) electrons. The number of alkyl halides is 3. The average molecular weight is 242 g/mol. The number of allylic oxidation sites excluding steroid dienone is 6. The number of hydrogen-bond acceptors (Lipinski definition) is 0. The lowest BCUT2D eigenvalue weighted by Crippen LogP contribution is -2.14. The fourth-order valence-electron chi connectivity index (χ4n) is 1.25. The highest BCUT2D eigenvalue weighted by Gasteiger charge is 2.39. The molecular weight excluding hydrogens is 234 g/mol. The number of hydrogen-bond donors (Lipinski definition) is 0. The van der Waals surface area contributed by atoms with E-state index in [9.17, 15) is 26.3 Å². The molecule has 0 saturated carbocycles.